The molecule has 1 aliphatic rings. The number of nitrogens with one attached hydrogen (secondary N) is 1. The monoisotopic (exact) mass is 363 g/mol. The van der Waals surface area contributed by atoms with Crippen LogP contribution in [0.2, 0.25) is 0 Å². The van der Waals surface area contributed by atoms with E-state index in [1.165, 1.54) is 13.2 Å². The molecule has 6 nitrogen and oxygen atoms in total. The maximum atomic E-state index is 12.5. The minimum atomic E-state index is -0.639. The Balaban J connectivity index is 2.04. The maximum Gasteiger partial charge on any atom is 0.376 e. The molecule has 3 aromatic rings. The molecule has 0 saturated carbocycles. The van der Waals surface area contributed by atoms with Crippen molar-refractivity contribution in [3.05, 3.63) is 65.4 Å². The zero-order valence-electron chi connectivity index (χ0n) is 14.9. The third-order valence-electron chi connectivity index (χ3n) is 4.38. The molecule has 1 aliphatic heterocycles. The molecule has 0 unspecified atom stereocenters. The summed E-state index contributed by atoms with van der Waals surface area (Å²) in [5.74, 6) is -0.569. The molecule has 2 aromatic carbocycles. The van der Waals surface area contributed by atoms with Crippen LogP contribution >= 0.6 is 0 Å². The van der Waals surface area contributed by atoms with Crippen LogP contribution in [0.5, 0.6) is 5.75 Å². The molecule has 0 atom stereocenters. The Kier molecular flexibility index (Phi) is 4.16. The van der Waals surface area contributed by atoms with E-state index in [0.717, 1.165) is 16.7 Å². The molecular weight excluding hydrogens is 346 g/mol. The van der Waals surface area contributed by atoms with E-state index >= 15 is 0 Å². The van der Waals surface area contributed by atoms with Crippen LogP contribution in [0.25, 0.3) is 16.5 Å². The topological polar surface area (TPSA) is 77.8 Å². The van der Waals surface area contributed by atoms with Gasteiger partial charge in [-0.15, -0.1) is 0 Å². The Labute approximate surface area is 155 Å². The van der Waals surface area contributed by atoms with Gasteiger partial charge < -0.3 is 19.2 Å². The molecule has 1 aromatic heterocycles. The second kappa shape index (κ2) is 6.64. The van der Waals surface area contributed by atoms with Crippen molar-refractivity contribution >= 4 is 34.1 Å². The van der Waals surface area contributed by atoms with Gasteiger partial charge in [0.15, 0.2) is 11.3 Å². The summed E-state index contributed by atoms with van der Waals surface area (Å²) in [6.45, 7) is 1.90. The number of hydrogen-bond donors (Lipinski definition) is 1. The third-order valence-corrected chi connectivity index (χ3v) is 4.38. The molecule has 6 heteroatoms. The van der Waals surface area contributed by atoms with E-state index in [9.17, 15) is 9.59 Å². The van der Waals surface area contributed by atoms with Crippen LogP contribution in [0.15, 0.2) is 53.0 Å². The summed E-state index contributed by atoms with van der Waals surface area (Å²) in [4.78, 5) is 24.9. The molecule has 4 rings (SSSR count). The molecule has 0 aliphatic carbocycles. The van der Waals surface area contributed by atoms with Crippen molar-refractivity contribution in [2.24, 2.45) is 0 Å². The van der Waals surface area contributed by atoms with Crippen LogP contribution in [-0.2, 0) is 9.53 Å². The van der Waals surface area contributed by atoms with Crippen molar-refractivity contribution in [2.45, 2.75) is 6.92 Å². The zero-order valence-corrected chi connectivity index (χ0v) is 14.9. The summed E-state index contributed by atoms with van der Waals surface area (Å²) in [6.07, 6.45) is 1.52. The van der Waals surface area contributed by atoms with Gasteiger partial charge in [0.25, 0.3) is 0 Å². The molecule has 27 heavy (non-hydrogen) atoms. The Bertz CT molecular complexity index is 1080. The fourth-order valence-corrected chi connectivity index (χ4v) is 3.25. The van der Waals surface area contributed by atoms with Crippen LogP contribution in [0.4, 0.5) is 5.69 Å². The van der Waals surface area contributed by atoms with Crippen LogP contribution in [0.1, 0.15) is 28.6 Å². The van der Waals surface area contributed by atoms with E-state index in [2.05, 4.69) is 5.32 Å². The molecule has 1 amide bonds. The van der Waals surface area contributed by atoms with E-state index in [1.807, 2.05) is 36.4 Å². The summed E-state index contributed by atoms with van der Waals surface area (Å²) >= 11 is 0. The lowest BCUT2D eigenvalue weighted by Crippen LogP contribution is -2.11. The minimum absolute atomic E-state index is 0.0475. The summed E-state index contributed by atoms with van der Waals surface area (Å²) in [5, 5.41) is 3.37. The summed E-state index contributed by atoms with van der Waals surface area (Å²) < 4.78 is 16.3. The smallest absolute Gasteiger partial charge is 0.376 e. The molecule has 0 fully saturated rings. The van der Waals surface area contributed by atoms with Gasteiger partial charge in [0.1, 0.15) is 5.69 Å². The average molecular weight is 363 g/mol. The highest BCUT2D eigenvalue weighted by Gasteiger charge is 2.30. The van der Waals surface area contributed by atoms with Crippen molar-refractivity contribution in [1.29, 1.82) is 0 Å². The van der Waals surface area contributed by atoms with Gasteiger partial charge in [-0.1, -0.05) is 30.3 Å². The number of carbonyl (C=O) groups excluding carboxylic acids is 2. The molecule has 0 saturated heterocycles. The number of methoxy groups -OCH3 is 1. The first-order valence-electron chi connectivity index (χ1n) is 8.53. The molecule has 2 heterocycles. The number of benzene rings is 2. The lowest BCUT2D eigenvalue weighted by molar-refractivity contribution is -0.111. The van der Waals surface area contributed by atoms with E-state index in [1.54, 1.807) is 13.0 Å². The standard InChI is InChI=1S/C21H17NO5/c1-3-26-21(24)20-18-17-13(9-10-15(25-2)19(17)27-20)14(11-16(23)22-18)12-7-5-4-6-8-12/h4-11H,3H2,1-2H3,(H,22,23). The molecule has 136 valence electrons. The molecule has 0 radical (unpaired) electrons. The van der Waals surface area contributed by atoms with Gasteiger partial charge in [0.2, 0.25) is 11.7 Å². The summed E-state index contributed by atoms with van der Waals surface area (Å²) in [6, 6.07) is 13.2. The number of furan rings is 1. The number of ether oxygens (including phenoxy) is 2. The van der Waals surface area contributed by atoms with Crippen LogP contribution < -0.4 is 10.1 Å². The second-order valence-electron chi connectivity index (χ2n) is 5.96. The highest BCUT2D eigenvalue weighted by molar-refractivity contribution is 6.20. The highest BCUT2D eigenvalue weighted by Crippen LogP contribution is 2.44. The molecule has 1 N–H and O–H groups in total. The first-order valence-corrected chi connectivity index (χ1v) is 8.53. The first kappa shape index (κ1) is 16.9. The predicted octanol–water partition coefficient (Wildman–Crippen LogP) is 4.00. The van der Waals surface area contributed by atoms with Gasteiger partial charge in [-0.05, 0) is 35.8 Å². The molecule has 0 spiro atoms. The van der Waals surface area contributed by atoms with Gasteiger partial charge in [-0.3, -0.25) is 4.79 Å². The van der Waals surface area contributed by atoms with E-state index in [-0.39, 0.29) is 18.3 Å². The molecular formula is C21H17NO5. The number of anilines is 1. The quantitative estimate of drug-likeness (QED) is 0.709. The SMILES string of the molecule is CCOC(=O)c1oc2c(OC)ccc3c2c1NC(=O)C=C3c1ccccc1. The lowest BCUT2D eigenvalue weighted by Gasteiger charge is -2.09. The largest absolute Gasteiger partial charge is 0.493 e. The fourth-order valence-electron chi connectivity index (χ4n) is 3.25. The first-order chi connectivity index (χ1) is 13.1. The lowest BCUT2D eigenvalue weighted by atomic mass is 9.94. The highest BCUT2D eigenvalue weighted by atomic mass is 16.5. The van der Waals surface area contributed by atoms with Crippen molar-refractivity contribution < 1.29 is 23.5 Å². The van der Waals surface area contributed by atoms with Crippen molar-refractivity contribution in [3.8, 4) is 5.75 Å². The Hall–Kier alpha value is -3.54. The predicted molar refractivity (Wildman–Crippen MR) is 101 cm³/mol. The minimum Gasteiger partial charge on any atom is -0.493 e. The number of hydrogen-bond acceptors (Lipinski definition) is 5. The Morgan fingerprint density at radius 2 is 1.93 bits per heavy atom. The number of amides is 1. The summed E-state index contributed by atoms with van der Waals surface area (Å²) in [5.41, 5.74) is 3.06. The van der Waals surface area contributed by atoms with Crippen LogP contribution in [0, 0.1) is 0 Å². The van der Waals surface area contributed by atoms with E-state index < -0.39 is 5.97 Å². The van der Waals surface area contributed by atoms with Crippen molar-refractivity contribution in [3.63, 3.8) is 0 Å². The van der Waals surface area contributed by atoms with Gasteiger partial charge in [0, 0.05) is 6.08 Å². The Morgan fingerprint density at radius 3 is 2.63 bits per heavy atom. The average Bonchev–Trinajstić information content (AvgIpc) is 2.98. The van der Waals surface area contributed by atoms with E-state index in [4.69, 9.17) is 13.9 Å². The van der Waals surface area contributed by atoms with Gasteiger partial charge in [-0.25, -0.2) is 4.79 Å². The zero-order chi connectivity index (χ0) is 19.0. The number of rotatable bonds is 4. The third kappa shape index (κ3) is 2.75. The number of carbonyl (C=O) groups is 2. The fraction of sp³-hybridized carbons (Fsp3) is 0.143. The van der Waals surface area contributed by atoms with E-state index in [0.29, 0.717) is 22.4 Å². The maximum absolute atomic E-state index is 12.5. The van der Waals surface area contributed by atoms with Crippen molar-refractivity contribution in [2.75, 3.05) is 19.0 Å². The Morgan fingerprint density at radius 1 is 1.15 bits per heavy atom. The van der Waals surface area contributed by atoms with Gasteiger partial charge in [0.05, 0.1) is 19.1 Å². The van der Waals surface area contributed by atoms with Crippen LogP contribution in [-0.4, -0.2) is 25.6 Å². The second-order valence-corrected chi connectivity index (χ2v) is 5.96. The van der Waals surface area contributed by atoms with Gasteiger partial charge >= 0.3 is 5.97 Å². The molecule has 0 bridgehead atoms. The van der Waals surface area contributed by atoms with Crippen molar-refractivity contribution in [1.82, 2.24) is 0 Å². The van der Waals surface area contributed by atoms with Crippen LogP contribution in [0.3, 0.4) is 0 Å². The number of esters is 1. The van der Waals surface area contributed by atoms with Gasteiger partial charge in [-0.2, -0.15) is 0 Å². The summed E-state index contributed by atoms with van der Waals surface area (Å²) in [7, 11) is 1.52. The normalized spacial score (nSPS) is 13.0.